The van der Waals surface area contributed by atoms with Crippen molar-refractivity contribution in [2.75, 3.05) is 31.1 Å². The molecule has 162 valence electrons. The first-order valence-electron chi connectivity index (χ1n) is 10.6. The number of oxazole rings is 1. The molecule has 0 aliphatic carbocycles. The standard InChI is InChI=1S/C21H27F2N5O2/c1-14-19(20(29)25-13-18-17(23)11-15(22)12-24-18)26-21(30-14)28-9-5-16(6-10-28)27-7-3-2-4-8-27/h11-12,16H,2-10,13H2,1H3,(H,25,29). The molecule has 2 saturated heterocycles. The van der Waals surface area contributed by atoms with Crippen molar-refractivity contribution in [2.45, 2.75) is 51.6 Å². The Bertz CT molecular complexity index is 890. The van der Waals surface area contributed by atoms with E-state index in [9.17, 15) is 13.6 Å². The zero-order chi connectivity index (χ0) is 21.1. The number of halogens is 2. The Morgan fingerprint density at radius 2 is 1.93 bits per heavy atom. The van der Waals surface area contributed by atoms with Crippen LogP contribution in [0.25, 0.3) is 0 Å². The highest BCUT2D eigenvalue weighted by molar-refractivity contribution is 5.93. The number of aromatic nitrogens is 2. The zero-order valence-corrected chi connectivity index (χ0v) is 17.2. The number of likely N-dealkylation sites (tertiary alicyclic amines) is 1. The van der Waals surface area contributed by atoms with E-state index in [0.29, 0.717) is 17.8 Å². The lowest BCUT2D eigenvalue weighted by atomic mass is 10.0. The van der Waals surface area contributed by atoms with Gasteiger partial charge >= 0.3 is 0 Å². The summed E-state index contributed by atoms with van der Waals surface area (Å²) in [5, 5.41) is 2.57. The van der Waals surface area contributed by atoms with Gasteiger partial charge in [-0.2, -0.15) is 4.98 Å². The van der Waals surface area contributed by atoms with Crippen LogP contribution in [-0.4, -0.2) is 53.0 Å². The fraction of sp³-hybridized carbons (Fsp3) is 0.571. The molecule has 2 aliphatic heterocycles. The minimum absolute atomic E-state index is 0.0362. The number of nitrogens with one attached hydrogen (secondary N) is 1. The lowest BCUT2D eigenvalue weighted by Crippen LogP contribution is -2.46. The summed E-state index contributed by atoms with van der Waals surface area (Å²) >= 11 is 0. The quantitative estimate of drug-likeness (QED) is 0.803. The third-order valence-electron chi connectivity index (χ3n) is 5.94. The van der Waals surface area contributed by atoms with Gasteiger partial charge < -0.3 is 19.5 Å². The molecule has 7 nitrogen and oxygen atoms in total. The molecule has 2 fully saturated rings. The van der Waals surface area contributed by atoms with E-state index in [1.54, 1.807) is 6.92 Å². The minimum Gasteiger partial charge on any atom is -0.428 e. The van der Waals surface area contributed by atoms with Crippen molar-refractivity contribution in [1.82, 2.24) is 20.2 Å². The van der Waals surface area contributed by atoms with Crippen LogP contribution < -0.4 is 10.2 Å². The van der Waals surface area contributed by atoms with Gasteiger partial charge in [0.2, 0.25) is 0 Å². The average Bonchev–Trinajstić information content (AvgIpc) is 3.15. The number of carbonyl (C=O) groups excluding carboxylic acids is 1. The fourth-order valence-corrected chi connectivity index (χ4v) is 4.25. The number of hydrogen-bond acceptors (Lipinski definition) is 6. The first-order chi connectivity index (χ1) is 14.5. The zero-order valence-electron chi connectivity index (χ0n) is 17.2. The molecule has 2 aromatic rings. The van der Waals surface area contributed by atoms with E-state index in [-0.39, 0.29) is 17.9 Å². The third-order valence-corrected chi connectivity index (χ3v) is 5.94. The molecule has 1 N–H and O–H groups in total. The Kier molecular flexibility index (Phi) is 6.26. The largest absolute Gasteiger partial charge is 0.428 e. The van der Waals surface area contributed by atoms with Crippen LogP contribution in [0.3, 0.4) is 0 Å². The second-order valence-electron chi connectivity index (χ2n) is 7.98. The van der Waals surface area contributed by atoms with Crippen LogP contribution in [0.15, 0.2) is 16.7 Å². The van der Waals surface area contributed by atoms with Gasteiger partial charge in [0.1, 0.15) is 17.4 Å². The fourth-order valence-electron chi connectivity index (χ4n) is 4.25. The minimum atomic E-state index is -0.801. The number of hydrogen-bond donors (Lipinski definition) is 1. The summed E-state index contributed by atoms with van der Waals surface area (Å²) in [5.74, 6) is -1.63. The Hall–Kier alpha value is -2.55. The number of pyridine rings is 1. The van der Waals surface area contributed by atoms with Crippen LogP contribution in [0.4, 0.5) is 14.8 Å². The number of anilines is 1. The lowest BCUT2D eigenvalue weighted by molar-refractivity contribution is 0.0944. The van der Waals surface area contributed by atoms with Crippen LogP contribution in [0.1, 0.15) is 54.0 Å². The SMILES string of the molecule is Cc1oc(N2CCC(N3CCCCC3)CC2)nc1C(=O)NCc1ncc(F)cc1F. The molecule has 0 aromatic carbocycles. The number of aryl methyl sites for hydroxylation is 1. The van der Waals surface area contributed by atoms with Gasteiger partial charge in [0, 0.05) is 25.2 Å². The van der Waals surface area contributed by atoms with Gasteiger partial charge in [0.25, 0.3) is 11.9 Å². The van der Waals surface area contributed by atoms with Crippen LogP contribution in [0.5, 0.6) is 0 Å². The summed E-state index contributed by atoms with van der Waals surface area (Å²) in [7, 11) is 0. The highest BCUT2D eigenvalue weighted by Crippen LogP contribution is 2.26. The van der Waals surface area contributed by atoms with Crippen molar-refractivity contribution in [2.24, 2.45) is 0 Å². The maximum absolute atomic E-state index is 13.7. The van der Waals surface area contributed by atoms with E-state index in [1.807, 2.05) is 0 Å². The first kappa shape index (κ1) is 20.7. The molecular weight excluding hydrogens is 392 g/mol. The van der Waals surface area contributed by atoms with Crippen molar-refractivity contribution in [3.8, 4) is 0 Å². The molecule has 0 saturated carbocycles. The molecule has 30 heavy (non-hydrogen) atoms. The first-order valence-corrected chi connectivity index (χ1v) is 10.6. The molecule has 0 radical (unpaired) electrons. The van der Waals surface area contributed by atoms with Crippen LogP contribution in [0.2, 0.25) is 0 Å². The normalized spacial score (nSPS) is 18.6. The van der Waals surface area contributed by atoms with Gasteiger partial charge in [0.15, 0.2) is 5.69 Å². The topological polar surface area (TPSA) is 74.5 Å². The van der Waals surface area contributed by atoms with E-state index in [2.05, 4.69) is 25.1 Å². The van der Waals surface area contributed by atoms with E-state index in [0.717, 1.165) is 38.2 Å². The predicted octanol–water partition coefficient (Wildman–Crippen LogP) is 3.04. The summed E-state index contributed by atoms with van der Waals surface area (Å²) in [6.45, 7) is 5.59. The second kappa shape index (κ2) is 9.07. The second-order valence-corrected chi connectivity index (χ2v) is 7.98. The molecule has 2 aliphatic rings. The molecule has 0 spiro atoms. The Morgan fingerprint density at radius 1 is 1.20 bits per heavy atom. The molecule has 9 heteroatoms. The average molecular weight is 419 g/mol. The van der Waals surface area contributed by atoms with E-state index in [1.165, 1.54) is 32.4 Å². The van der Waals surface area contributed by atoms with Crippen molar-refractivity contribution in [1.29, 1.82) is 0 Å². The summed E-state index contributed by atoms with van der Waals surface area (Å²) in [6, 6.07) is 1.79. The molecule has 2 aromatic heterocycles. The highest BCUT2D eigenvalue weighted by Gasteiger charge is 2.28. The van der Waals surface area contributed by atoms with E-state index >= 15 is 0 Å². The van der Waals surface area contributed by atoms with Gasteiger partial charge in [-0.15, -0.1) is 0 Å². The Morgan fingerprint density at radius 3 is 2.63 bits per heavy atom. The van der Waals surface area contributed by atoms with Crippen LogP contribution >= 0.6 is 0 Å². The number of carbonyl (C=O) groups is 1. The summed E-state index contributed by atoms with van der Waals surface area (Å²) in [5.41, 5.74) is 0.136. The summed E-state index contributed by atoms with van der Waals surface area (Å²) in [6.07, 6.45) is 6.93. The predicted molar refractivity (Wildman–Crippen MR) is 107 cm³/mol. The molecule has 4 rings (SSSR count). The van der Waals surface area contributed by atoms with Crippen LogP contribution in [0, 0.1) is 18.6 Å². The van der Waals surface area contributed by atoms with E-state index in [4.69, 9.17) is 4.42 Å². The smallest absolute Gasteiger partial charge is 0.298 e. The number of piperidine rings is 2. The molecule has 4 heterocycles. The molecule has 1 amide bonds. The van der Waals surface area contributed by atoms with E-state index < -0.39 is 17.5 Å². The maximum atomic E-state index is 13.7. The van der Waals surface area contributed by atoms with Crippen molar-refractivity contribution >= 4 is 11.9 Å². The van der Waals surface area contributed by atoms with Crippen molar-refractivity contribution in [3.63, 3.8) is 0 Å². The summed E-state index contributed by atoms with van der Waals surface area (Å²) in [4.78, 5) is 25.2. The number of amides is 1. The van der Waals surface area contributed by atoms with Gasteiger partial charge in [0.05, 0.1) is 18.4 Å². The van der Waals surface area contributed by atoms with Crippen molar-refractivity contribution in [3.05, 3.63) is 41.0 Å². The number of rotatable bonds is 5. The monoisotopic (exact) mass is 419 g/mol. The van der Waals surface area contributed by atoms with Gasteiger partial charge in [-0.3, -0.25) is 9.78 Å². The molecule has 0 unspecified atom stereocenters. The van der Waals surface area contributed by atoms with Gasteiger partial charge in [-0.25, -0.2) is 8.78 Å². The third kappa shape index (κ3) is 4.61. The Labute approximate surface area is 174 Å². The molecule has 0 atom stereocenters. The lowest BCUT2D eigenvalue weighted by Gasteiger charge is -2.39. The maximum Gasteiger partial charge on any atom is 0.298 e. The highest BCUT2D eigenvalue weighted by atomic mass is 19.1. The Balaban J connectivity index is 1.34. The summed E-state index contributed by atoms with van der Waals surface area (Å²) < 4.78 is 32.4. The molecular formula is C21H27F2N5O2. The van der Waals surface area contributed by atoms with Crippen LogP contribution in [-0.2, 0) is 6.54 Å². The van der Waals surface area contributed by atoms with Crippen molar-refractivity contribution < 1.29 is 18.0 Å². The molecule has 0 bridgehead atoms. The number of nitrogens with zero attached hydrogens (tertiary/aromatic N) is 4. The van der Waals surface area contributed by atoms with Gasteiger partial charge in [-0.05, 0) is 45.7 Å². The van der Waals surface area contributed by atoms with Gasteiger partial charge in [-0.1, -0.05) is 6.42 Å².